The number of aromatic nitrogens is 3. The van der Waals surface area contributed by atoms with Gasteiger partial charge in [-0.15, -0.1) is 11.3 Å². The van der Waals surface area contributed by atoms with E-state index in [0.29, 0.717) is 34.5 Å². The number of aliphatic hydroxyl groups is 1. The number of anilines is 2. The lowest BCUT2D eigenvalue weighted by Gasteiger charge is -2.30. The molecule has 1 aliphatic rings. The molecule has 0 bridgehead atoms. The summed E-state index contributed by atoms with van der Waals surface area (Å²) < 4.78 is 30.3. The zero-order valence-corrected chi connectivity index (χ0v) is 22.0. The van der Waals surface area contributed by atoms with E-state index < -0.39 is 10.0 Å². The van der Waals surface area contributed by atoms with E-state index in [0.717, 1.165) is 47.7 Å². The smallest absolute Gasteiger partial charge is 0.277 e. The summed E-state index contributed by atoms with van der Waals surface area (Å²) >= 11 is 2.41. The van der Waals surface area contributed by atoms with Gasteiger partial charge in [0.25, 0.3) is 15.9 Å². The number of piperidine rings is 1. The number of carbonyl (C=O) groups excluding carboxylic acids is 1. The number of amides is 1. The quantitative estimate of drug-likeness (QED) is 0.309. The largest absolute Gasteiger partial charge is 0.396 e. The highest BCUT2D eigenvalue weighted by Gasteiger charge is 2.21. The van der Waals surface area contributed by atoms with Crippen LogP contribution in [0.25, 0.3) is 10.2 Å². The Balaban J connectivity index is 1.25. The number of likely N-dealkylation sites (tertiary alicyclic amines) is 1. The Hall–Kier alpha value is -2.84. The van der Waals surface area contributed by atoms with Crippen LogP contribution in [0.3, 0.4) is 0 Å². The van der Waals surface area contributed by atoms with Gasteiger partial charge >= 0.3 is 0 Å². The number of thiazole rings is 1. The molecular formula is C23H26N6O4S3. The molecule has 3 N–H and O–H groups in total. The molecule has 0 atom stereocenters. The second kappa shape index (κ2) is 10.3. The first-order valence-corrected chi connectivity index (χ1v) is 14.6. The molecule has 0 unspecified atom stereocenters. The predicted octanol–water partition coefficient (Wildman–Crippen LogP) is 3.35. The van der Waals surface area contributed by atoms with E-state index in [1.807, 2.05) is 7.05 Å². The summed E-state index contributed by atoms with van der Waals surface area (Å²) in [5.41, 5.74) is 2.33. The molecule has 4 aromatic rings. The van der Waals surface area contributed by atoms with Crippen LogP contribution in [-0.4, -0.2) is 58.8 Å². The molecule has 0 radical (unpaired) electrons. The van der Waals surface area contributed by atoms with Crippen molar-refractivity contribution in [3.05, 3.63) is 53.2 Å². The zero-order valence-electron chi connectivity index (χ0n) is 19.5. The fourth-order valence-electron chi connectivity index (χ4n) is 4.15. The maximum Gasteiger partial charge on any atom is 0.277 e. The van der Waals surface area contributed by atoms with E-state index in [9.17, 15) is 18.3 Å². The number of benzene rings is 1. The summed E-state index contributed by atoms with van der Waals surface area (Å²) in [5, 5.41) is 18.6. The van der Waals surface area contributed by atoms with Crippen LogP contribution in [0.5, 0.6) is 0 Å². The number of hydrogen-bond acceptors (Lipinski definition) is 9. The Morgan fingerprint density at radius 1 is 1.22 bits per heavy atom. The number of nitrogens with zero attached hydrogens (tertiary/aromatic N) is 4. The number of carbonyl (C=O) groups is 1. The van der Waals surface area contributed by atoms with Crippen molar-refractivity contribution >= 4 is 59.6 Å². The average molecular weight is 547 g/mol. The van der Waals surface area contributed by atoms with Gasteiger partial charge in [-0.1, -0.05) is 17.4 Å². The van der Waals surface area contributed by atoms with Crippen molar-refractivity contribution in [1.29, 1.82) is 0 Å². The number of aliphatic hydroxyl groups excluding tert-OH is 1. The number of thiophene rings is 1. The molecule has 1 fully saturated rings. The molecule has 1 aliphatic heterocycles. The van der Waals surface area contributed by atoms with E-state index in [1.165, 1.54) is 11.3 Å². The molecule has 10 nitrogen and oxygen atoms in total. The molecule has 1 aromatic carbocycles. The van der Waals surface area contributed by atoms with Crippen LogP contribution in [0.4, 0.5) is 10.8 Å². The lowest BCUT2D eigenvalue weighted by molar-refractivity contribution is 0.102. The van der Waals surface area contributed by atoms with Gasteiger partial charge in [0, 0.05) is 20.2 Å². The molecule has 4 heterocycles. The number of nitrogens with one attached hydrogen (secondary N) is 2. The van der Waals surface area contributed by atoms with Crippen molar-refractivity contribution < 1.29 is 18.3 Å². The molecule has 3 aromatic heterocycles. The molecular weight excluding hydrogens is 520 g/mol. The van der Waals surface area contributed by atoms with Gasteiger partial charge in [0.15, 0.2) is 10.8 Å². The molecule has 190 valence electrons. The number of fused-ring (bicyclic) bond motifs is 1. The van der Waals surface area contributed by atoms with E-state index in [-0.39, 0.29) is 16.7 Å². The second-order valence-electron chi connectivity index (χ2n) is 8.74. The number of sulfonamides is 1. The summed E-state index contributed by atoms with van der Waals surface area (Å²) in [5.74, 6) is 0.0220. The number of hydrogen-bond donors (Lipinski definition) is 3. The van der Waals surface area contributed by atoms with Crippen LogP contribution in [0, 0.1) is 5.92 Å². The summed E-state index contributed by atoms with van der Waals surface area (Å²) in [4.78, 5) is 19.6. The third-order valence-corrected chi connectivity index (χ3v) is 9.89. The Labute approximate surface area is 216 Å². The summed E-state index contributed by atoms with van der Waals surface area (Å²) in [6.45, 7) is 2.76. The first-order valence-electron chi connectivity index (χ1n) is 11.4. The highest BCUT2D eigenvalue weighted by atomic mass is 32.2. The van der Waals surface area contributed by atoms with Gasteiger partial charge in [0.05, 0.1) is 21.6 Å². The zero-order chi connectivity index (χ0) is 25.3. The first-order chi connectivity index (χ1) is 17.3. The van der Waals surface area contributed by atoms with Crippen molar-refractivity contribution in [2.45, 2.75) is 23.6 Å². The van der Waals surface area contributed by atoms with Gasteiger partial charge < -0.3 is 5.11 Å². The monoisotopic (exact) mass is 546 g/mol. The standard InChI is InChI=1S/C23H26N6O4S3/c1-28-17(13-29-8-6-15(14-30)7-9-29)12-19(26-28)22(31)25-23-24-18-5-4-16(11-20(18)35-23)27-36(32,33)21-3-2-10-34-21/h2-5,10-12,15,27,30H,6-9,13-14H2,1H3,(H,24,25,31). The number of aryl methyl sites for hydroxylation is 1. The molecule has 0 saturated carbocycles. The lowest BCUT2D eigenvalue weighted by atomic mass is 9.98. The minimum Gasteiger partial charge on any atom is -0.396 e. The summed E-state index contributed by atoms with van der Waals surface area (Å²) in [6, 6.07) is 10.1. The molecule has 1 saturated heterocycles. The fourth-order valence-corrected chi connectivity index (χ4v) is 7.09. The average Bonchev–Trinajstić information content (AvgIpc) is 3.60. The highest BCUT2D eigenvalue weighted by molar-refractivity contribution is 7.94. The normalized spacial score (nSPS) is 15.4. The Bertz CT molecular complexity index is 1470. The van der Waals surface area contributed by atoms with Crippen LogP contribution in [0.15, 0.2) is 46.0 Å². The van der Waals surface area contributed by atoms with E-state index >= 15 is 0 Å². The third-order valence-electron chi connectivity index (χ3n) is 6.18. The minimum absolute atomic E-state index is 0.238. The van der Waals surface area contributed by atoms with E-state index in [1.54, 1.807) is 46.5 Å². The van der Waals surface area contributed by atoms with Crippen LogP contribution in [0.2, 0.25) is 0 Å². The molecule has 36 heavy (non-hydrogen) atoms. The fraction of sp³-hybridized carbons (Fsp3) is 0.348. The van der Waals surface area contributed by atoms with Crippen molar-refractivity contribution in [3.8, 4) is 0 Å². The van der Waals surface area contributed by atoms with Crippen molar-refractivity contribution in [1.82, 2.24) is 19.7 Å². The van der Waals surface area contributed by atoms with Crippen LogP contribution in [-0.2, 0) is 23.6 Å². The van der Waals surface area contributed by atoms with Gasteiger partial charge in [-0.05, 0) is 67.6 Å². The molecule has 0 aliphatic carbocycles. The van der Waals surface area contributed by atoms with Crippen molar-refractivity contribution in [2.75, 3.05) is 29.7 Å². The van der Waals surface area contributed by atoms with Crippen molar-refractivity contribution in [2.24, 2.45) is 13.0 Å². The molecule has 13 heteroatoms. The minimum atomic E-state index is -3.65. The van der Waals surface area contributed by atoms with Gasteiger partial charge in [0.2, 0.25) is 0 Å². The molecule has 0 spiro atoms. The third kappa shape index (κ3) is 5.44. The second-order valence-corrected chi connectivity index (χ2v) is 12.6. The molecule has 1 amide bonds. The lowest BCUT2D eigenvalue weighted by Crippen LogP contribution is -2.34. The Morgan fingerprint density at radius 3 is 2.75 bits per heavy atom. The maximum atomic E-state index is 12.9. The number of rotatable bonds is 8. The van der Waals surface area contributed by atoms with Gasteiger partial charge in [-0.3, -0.25) is 24.4 Å². The van der Waals surface area contributed by atoms with Crippen molar-refractivity contribution in [3.63, 3.8) is 0 Å². The van der Waals surface area contributed by atoms with Gasteiger partial charge in [0.1, 0.15) is 4.21 Å². The summed E-state index contributed by atoms with van der Waals surface area (Å²) in [6.07, 6.45) is 1.94. The SMILES string of the molecule is Cn1nc(C(=O)Nc2nc3ccc(NS(=O)(=O)c4cccs4)cc3s2)cc1CN1CCC(CO)CC1. The van der Waals surface area contributed by atoms with Crippen LogP contribution in [0.1, 0.15) is 29.0 Å². The predicted molar refractivity (Wildman–Crippen MR) is 141 cm³/mol. The Kier molecular flexibility index (Phi) is 7.08. The highest BCUT2D eigenvalue weighted by Crippen LogP contribution is 2.30. The van der Waals surface area contributed by atoms with Crippen LogP contribution >= 0.6 is 22.7 Å². The topological polar surface area (TPSA) is 129 Å². The van der Waals surface area contributed by atoms with Gasteiger partial charge in [-0.25, -0.2) is 13.4 Å². The molecule has 5 rings (SSSR count). The van der Waals surface area contributed by atoms with Crippen LogP contribution < -0.4 is 10.0 Å². The first kappa shape index (κ1) is 24.8. The van der Waals surface area contributed by atoms with E-state index in [4.69, 9.17) is 0 Å². The summed E-state index contributed by atoms with van der Waals surface area (Å²) in [7, 11) is -1.82. The van der Waals surface area contributed by atoms with Gasteiger partial charge in [-0.2, -0.15) is 5.10 Å². The van der Waals surface area contributed by atoms with E-state index in [2.05, 4.69) is 25.0 Å². The Morgan fingerprint density at radius 2 is 2.03 bits per heavy atom. The maximum absolute atomic E-state index is 12.9.